The monoisotopic (exact) mass is 369 g/mol. The fraction of sp³-hybridized carbons (Fsp3) is 0.214. The van der Waals surface area contributed by atoms with E-state index in [-0.39, 0.29) is 22.1 Å². The van der Waals surface area contributed by atoms with E-state index in [0.717, 1.165) is 0 Å². The summed E-state index contributed by atoms with van der Waals surface area (Å²) in [6, 6.07) is 3.22. The standard InChI is InChI=1S/C14H13ClFN5O2S/c1-23-10-4-5-11(18-12(10)20-24(2,3)22)21-7-9(16)8-6-17-14(15)19-13(8)21/h4-7H,1-3H3. The second-order valence-electron chi connectivity index (χ2n) is 5.19. The summed E-state index contributed by atoms with van der Waals surface area (Å²) in [5, 5.41) is 0.204. The molecule has 0 aromatic carbocycles. The number of rotatable bonds is 3. The molecule has 0 spiro atoms. The molecule has 0 atom stereocenters. The minimum absolute atomic E-state index is 0.00888. The number of halogens is 2. The second-order valence-corrected chi connectivity index (χ2v) is 8.07. The van der Waals surface area contributed by atoms with Crippen LogP contribution in [0, 0.1) is 5.82 Å². The Morgan fingerprint density at radius 1 is 1.33 bits per heavy atom. The number of methoxy groups -OCH3 is 1. The van der Waals surface area contributed by atoms with Crippen LogP contribution in [0.3, 0.4) is 0 Å². The van der Waals surface area contributed by atoms with Crippen molar-refractivity contribution in [1.82, 2.24) is 19.5 Å². The number of ether oxygens (including phenoxy) is 1. The number of pyridine rings is 1. The van der Waals surface area contributed by atoms with Crippen LogP contribution >= 0.6 is 11.6 Å². The van der Waals surface area contributed by atoms with Gasteiger partial charge in [0.2, 0.25) is 11.1 Å². The molecule has 3 rings (SSSR count). The lowest BCUT2D eigenvalue weighted by Crippen LogP contribution is -2.00. The van der Waals surface area contributed by atoms with Crippen molar-refractivity contribution in [2.45, 2.75) is 0 Å². The molecule has 3 aromatic heterocycles. The summed E-state index contributed by atoms with van der Waals surface area (Å²) in [6.07, 6.45) is 5.50. The van der Waals surface area contributed by atoms with E-state index in [4.69, 9.17) is 16.3 Å². The topological polar surface area (TPSA) is 82.3 Å². The average Bonchev–Trinajstić information content (AvgIpc) is 2.82. The number of aromatic nitrogens is 4. The number of hydrogen-bond donors (Lipinski definition) is 0. The highest BCUT2D eigenvalue weighted by molar-refractivity contribution is 7.92. The van der Waals surface area contributed by atoms with Crippen molar-refractivity contribution >= 4 is 38.2 Å². The van der Waals surface area contributed by atoms with E-state index in [0.29, 0.717) is 11.6 Å². The lowest BCUT2D eigenvalue weighted by Gasteiger charge is -2.08. The quantitative estimate of drug-likeness (QED) is 0.663. The molecule has 0 saturated carbocycles. The molecule has 24 heavy (non-hydrogen) atoms. The molecular weight excluding hydrogens is 357 g/mol. The van der Waals surface area contributed by atoms with Crippen molar-refractivity contribution in [3.8, 4) is 11.6 Å². The zero-order chi connectivity index (χ0) is 17.5. The average molecular weight is 370 g/mol. The summed E-state index contributed by atoms with van der Waals surface area (Å²) in [6.45, 7) is 0. The highest BCUT2D eigenvalue weighted by atomic mass is 35.5. The first kappa shape index (κ1) is 16.6. The van der Waals surface area contributed by atoms with Crippen LogP contribution in [0.4, 0.5) is 10.2 Å². The fourth-order valence-corrected chi connectivity index (χ4v) is 2.79. The first-order chi connectivity index (χ1) is 11.3. The van der Waals surface area contributed by atoms with Crippen molar-refractivity contribution in [1.29, 1.82) is 0 Å². The summed E-state index contributed by atoms with van der Waals surface area (Å²) in [7, 11) is -0.991. The molecule has 3 heterocycles. The molecule has 3 aromatic rings. The highest BCUT2D eigenvalue weighted by Crippen LogP contribution is 2.29. The van der Waals surface area contributed by atoms with Crippen LogP contribution in [-0.4, -0.2) is 43.3 Å². The molecule has 0 N–H and O–H groups in total. The molecule has 7 nitrogen and oxygen atoms in total. The summed E-state index contributed by atoms with van der Waals surface area (Å²) in [5.41, 5.74) is 0.268. The van der Waals surface area contributed by atoms with Crippen LogP contribution < -0.4 is 4.74 Å². The van der Waals surface area contributed by atoms with Gasteiger partial charge in [0.1, 0.15) is 5.82 Å². The van der Waals surface area contributed by atoms with Gasteiger partial charge in [-0.15, -0.1) is 0 Å². The zero-order valence-corrected chi connectivity index (χ0v) is 14.6. The van der Waals surface area contributed by atoms with Gasteiger partial charge in [0.15, 0.2) is 17.2 Å². The number of nitrogens with zero attached hydrogens (tertiary/aromatic N) is 5. The molecule has 0 bridgehead atoms. The summed E-state index contributed by atoms with van der Waals surface area (Å²) in [4.78, 5) is 12.1. The fourth-order valence-electron chi connectivity index (χ4n) is 2.12. The normalized spacial score (nSPS) is 11.7. The Balaban J connectivity index is 2.26. The van der Waals surface area contributed by atoms with Gasteiger partial charge in [-0.25, -0.2) is 18.6 Å². The van der Waals surface area contributed by atoms with E-state index in [1.54, 1.807) is 12.1 Å². The van der Waals surface area contributed by atoms with Crippen molar-refractivity contribution in [3.05, 3.63) is 35.6 Å². The maximum atomic E-state index is 14.1. The Hall–Kier alpha value is -2.26. The van der Waals surface area contributed by atoms with E-state index in [2.05, 4.69) is 19.3 Å². The third-order valence-electron chi connectivity index (χ3n) is 3.06. The Kier molecular flexibility index (Phi) is 4.14. The van der Waals surface area contributed by atoms with Gasteiger partial charge in [0.25, 0.3) is 0 Å². The summed E-state index contributed by atoms with van der Waals surface area (Å²) in [5.74, 6) is 0.349. The molecule has 0 fully saturated rings. The van der Waals surface area contributed by atoms with Crippen LogP contribution in [0.2, 0.25) is 5.28 Å². The second kappa shape index (κ2) is 5.99. The molecule has 126 valence electrons. The Morgan fingerprint density at radius 3 is 2.75 bits per heavy atom. The van der Waals surface area contributed by atoms with Gasteiger partial charge >= 0.3 is 0 Å². The molecular formula is C14H13ClFN5O2S. The van der Waals surface area contributed by atoms with Gasteiger partial charge in [0.05, 0.1) is 12.5 Å². The molecule has 0 aliphatic carbocycles. The highest BCUT2D eigenvalue weighted by Gasteiger charge is 2.15. The van der Waals surface area contributed by atoms with Crippen molar-refractivity contribution in [3.63, 3.8) is 0 Å². The van der Waals surface area contributed by atoms with Crippen LogP contribution in [0.1, 0.15) is 0 Å². The van der Waals surface area contributed by atoms with E-state index in [1.807, 2.05) is 0 Å². The molecule has 0 unspecified atom stereocenters. The van der Waals surface area contributed by atoms with Crippen LogP contribution in [0.5, 0.6) is 5.75 Å². The summed E-state index contributed by atoms with van der Waals surface area (Å²) >= 11 is 5.80. The maximum Gasteiger partial charge on any atom is 0.224 e. The number of hydrogen-bond acceptors (Lipinski definition) is 6. The minimum atomic E-state index is -2.45. The predicted octanol–water partition coefficient (Wildman–Crippen LogP) is 2.98. The van der Waals surface area contributed by atoms with Gasteiger partial charge in [-0.1, -0.05) is 0 Å². The molecule has 0 aliphatic heterocycles. The Bertz CT molecular complexity index is 1050. The van der Waals surface area contributed by atoms with Crippen molar-refractivity contribution in [2.24, 2.45) is 4.36 Å². The van der Waals surface area contributed by atoms with Gasteiger partial charge in [-0.2, -0.15) is 9.35 Å². The van der Waals surface area contributed by atoms with Crippen LogP contribution in [0.15, 0.2) is 28.9 Å². The molecule has 0 saturated heterocycles. The van der Waals surface area contributed by atoms with Gasteiger partial charge in [-0.3, -0.25) is 4.57 Å². The maximum absolute atomic E-state index is 14.1. The summed E-state index contributed by atoms with van der Waals surface area (Å²) < 4.78 is 36.7. The molecule has 0 aliphatic rings. The smallest absolute Gasteiger partial charge is 0.224 e. The first-order valence-electron chi connectivity index (χ1n) is 6.70. The first-order valence-corrected chi connectivity index (χ1v) is 9.41. The van der Waals surface area contributed by atoms with E-state index < -0.39 is 15.5 Å². The van der Waals surface area contributed by atoms with Crippen molar-refractivity contribution in [2.75, 3.05) is 19.6 Å². The Morgan fingerprint density at radius 2 is 2.08 bits per heavy atom. The SMILES string of the molecule is COc1ccc(-n2cc(F)c3cnc(Cl)nc32)nc1N=S(C)(C)=O. The van der Waals surface area contributed by atoms with Crippen LogP contribution in [-0.2, 0) is 9.73 Å². The van der Waals surface area contributed by atoms with Gasteiger partial charge in [0, 0.05) is 34.6 Å². The third kappa shape index (κ3) is 3.17. The lowest BCUT2D eigenvalue weighted by molar-refractivity contribution is 0.414. The predicted molar refractivity (Wildman–Crippen MR) is 90.3 cm³/mol. The zero-order valence-electron chi connectivity index (χ0n) is 13.0. The molecule has 0 radical (unpaired) electrons. The number of fused-ring (bicyclic) bond motifs is 1. The largest absolute Gasteiger partial charge is 0.493 e. The third-order valence-corrected chi connectivity index (χ3v) is 3.86. The van der Waals surface area contributed by atoms with Crippen LogP contribution in [0.25, 0.3) is 16.9 Å². The lowest BCUT2D eigenvalue weighted by atomic mass is 10.4. The van der Waals surface area contributed by atoms with Crippen molar-refractivity contribution < 1.29 is 13.3 Å². The Labute approximate surface area is 142 Å². The van der Waals surface area contributed by atoms with Gasteiger partial charge < -0.3 is 4.74 Å². The minimum Gasteiger partial charge on any atom is -0.493 e. The molecule has 10 heteroatoms. The molecule has 0 amide bonds. The van der Waals surface area contributed by atoms with E-state index >= 15 is 0 Å². The van der Waals surface area contributed by atoms with E-state index in [1.165, 1.54) is 36.6 Å². The van der Waals surface area contributed by atoms with E-state index in [9.17, 15) is 8.60 Å². The van der Waals surface area contributed by atoms with Gasteiger partial charge in [-0.05, 0) is 23.7 Å².